The molecule has 7 N–H and O–H groups in total. The molecule has 23 heteroatoms. The second kappa shape index (κ2) is 45.8. The summed E-state index contributed by atoms with van der Waals surface area (Å²) in [5.74, 6) is 1.14. The Morgan fingerprint density at radius 1 is 0.311 bits per heavy atom. The summed E-state index contributed by atoms with van der Waals surface area (Å²) in [4.78, 5) is 99.2. The molecule has 692 valence electrons. The van der Waals surface area contributed by atoms with Gasteiger partial charge in [-0.15, -0.1) is 0 Å². The van der Waals surface area contributed by atoms with E-state index in [0.29, 0.717) is 132 Å². The third kappa shape index (κ3) is 27.4. The van der Waals surface area contributed by atoms with E-state index in [1.807, 2.05) is 208 Å². The Hall–Kier alpha value is -15.9. The van der Waals surface area contributed by atoms with E-state index in [9.17, 15) is 33.6 Å². The van der Waals surface area contributed by atoms with Crippen molar-refractivity contribution in [2.24, 2.45) is 0 Å². The van der Waals surface area contributed by atoms with Gasteiger partial charge in [0.2, 0.25) is 5.91 Å². The van der Waals surface area contributed by atoms with Crippen molar-refractivity contribution < 1.29 is 71.5 Å². The van der Waals surface area contributed by atoms with Crippen LogP contribution in [0.5, 0.6) is 46.0 Å². The Labute approximate surface area is 788 Å². The molecule has 0 fully saturated rings. The van der Waals surface area contributed by atoms with Crippen LogP contribution in [-0.2, 0) is 43.9 Å². The van der Waals surface area contributed by atoms with Crippen LogP contribution in [0, 0.1) is 0 Å². The molecule has 14 aromatic rings. The van der Waals surface area contributed by atoms with Crippen molar-refractivity contribution in [2.45, 2.75) is 126 Å². The number of carbonyl (C=O) groups excluding carboxylic acids is 7. The molecule has 0 heterocycles. The van der Waals surface area contributed by atoms with Crippen molar-refractivity contribution in [1.82, 2.24) is 9.80 Å². The molecule has 0 spiro atoms. The van der Waals surface area contributed by atoms with Gasteiger partial charge in [0.1, 0.15) is 70.4 Å². The summed E-state index contributed by atoms with van der Waals surface area (Å²) in [5.41, 5.74) is 15.8. The van der Waals surface area contributed by atoms with Gasteiger partial charge in [-0.05, 0) is 262 Å². The van der Waals surface area contributed by atoms with Gasteiger partial charge in [-0.25, -0.2) is 0 Å². The van der Waals surface area contributed by atoms with Crippen LogP contribution in [0.1, 0.15) is 171 Å². The van der Waals surface area contributed by atoms with Gasteiger partial charge in [-0.1, -0.05) is 165 Å². The molecule has 0 aliphatic rings. The summed E-state index contributed by atoms with van der Waals surface area (Å²) in [6, 6.07) is 92.7. The smallest absolute Gasteiger partial charge is 0.255 e. The van der Waals surface area contributed by atoms with E-state index >= 15 is 0 Å². The summed E-state index contributed by atoms with van der Waals surface area (Å²) in [5, 5.41) is 19.1. The normalized spacial score (nSPS) is 11.1. The molecule has 0 aliphatic carbocycles. The van der Waals surface area contributed by atoms with Crippen LogP contribution < -0.4 is 70.2 Å². The zero-order chi connectivity index (χ0) is 95.5. The molecule has 0 aliphatic heterocycles. The molecule has 0 bridgehead atoms. The van der Waals surface area contributed by atoms with E-state index in [2.05, 4.69) is 75.1 Å². The van der Waals surface area contributed by atoms with Gasteiger partial charge in [0.05, 0.1) is 61.6 Å². The molecule has 14 rings (SSSR count). The highest BCUT2D eigenvalue weighted by atomic mass is 16.5. The fraction of sp³-hybridized carbons (Fsp3) is 0.223. The van der Waals surface area contributed by atoms with Crippen molar-refractivity contribution in [3.63, 3.8) is 0 Å². The average molecular weight is 1810 g/mol. The van der Waals surface area contributed by atoms with Crippen LogP contribution in [0.4, 0.5) is 34.1 Å². The minimum absolute atomic E-state index is 0.164. The van der Waals surface area contributed by atoms with E-state index in [4.69, 9.17) is 43.6 Å². The summed E-state index contributed by atoms with van der Waals surface area (Å²) < 4.78 is 47.9. The monoisotopic (exact) mass is 1810 g/mol. The number of hydrogen-bond acceptors (Lipinski definition) is 16. The first-order chi connectivity index (χ1) is 65.1. The third-order valence-electron chi connectivity index (χ3n) is 21.8. The van der Waals surface area contributed by atoms with Crippen molar-refractivity contribution in [2.75, 3.05) is 72.8 Å². The number of carbonyl (C=O) groups is 7. The Morgan fingerprint density at radius 3 is 1.01 bits per heavy atom. The first-order valence-electron chi connectivity index (χ1n) is 45.1. The Bertz CT molecular complexity index is 6520. The average Bonchev–Trinajstić information content (AvgIpc) is 0.812. The molecule has 135 heavy (non-hydrogen) atoms. The minimum Gasteiger partial charge on any atom is -0.495 e. The van der Waals surface area contributed by atoms with E-state index in [-0.39, 0.29) is 76.9 Å². The molecular weight excluding hydrogens is 1700 g/mol. The number of rotatable bonds is 37. The second-order valence-electron chi connectivity index (χ2n) is 34.3. The lowest BCUT2D eigenvalue weighted by atomic mass is 10.1. The molecule has 23 nitrogen and oxygen atoms in total. The van der Waals surface area contributed by atoms with Crippen LogP contribution in [0.2, 0.25) is 0 Å². The molecule has 0 atom stereocenters. The number of nitrogens with zero attached hydrogens (tertiary/aromatic N) is 2. The van der Waals surface area contributed by atoms with E-state index in [1.54, 1.807) is 113 Å². The number of nitrogens with one attached hydrogen (secondary N) is 5. The fourth-order valence-electron chi connectivity index (χ4n) is 14.9. The number of benzene rings is 14. The highest BCUT2D eigenvalue weighted by Crippen LogP contribution is 2.37. The second-order valence-corrected chi connectivity index (χ2v) is 34.3. The quantitative estimate of drug-likeness (QED) is 0.0197. The highest BCUT2D eigenvalue weighted by molar-refractivity contribution is 6.10. The fourth-order valence-corrected chi connectivity index (χ4v) is 14.9. The minimum atomic E-state index is -0.469. The number of nitrogens with two attached hydrogens (primary N) is 1. The molecule has 0 saturated heterocycles. The van der Waals surface area contributed by atoms with Crippen LogP contribution in [0.15, 0.2) is 303 Å². The van der Waals surface area contributed by atoms with Gasteiger partial charge >= 0.3 is 0 Å². The molecule has 7 amide bonds. The van der Waals surface area contributed by atoms with Gasteiger partial charge in [0.15, 0.2) is 0 Å². The Balaban J connectivity index is 0.000000229. The van der Waals surface area contributed by atoms with E-state index in [0.717, 1.165) is 66.4 Å². The maximum absolute atomic E-state index is 14.0. The van der Waals surface area contributed by atoms with E-state index < -0.39 is 23.6 Å². The summed E-state index contributed by atoms with van der Waals surface area (Å²) in [6.45, 7) is 20.7. The predicted molar refractivity (Wildman–Crippen MR) is 534 cm³/mol. The first kappa shape index (κ1) is 96.6. The maximum atomic E-state index is 14.0. The van der Waals surface area contributed by atoms with Crippen LogP contribution in [0.25, 0.3) is 21.5 Å². The van der Waals surface area contributed by atoms with Crippen molar-refractivity contribution in [3.8, 4) is 46.0 Å². The van der Waals surface area contributed by atoms with Crippen LogP contribution in [-0.4, -0.2) is 103 Å². The van der Waals surface area contributed by atoms with Gasteiger partial charge in [0.25, 0.3) is 35.4 Å². The third-order valence-corrected chi connectivity index (χ3v) is 21.8. The number of anilines is 6. The Kier molecular flexibility index (Phi) is 32.8. The molecule has 0 unspecified atom stereocenters. The lowest BCUT2D eigenvalue weighted by molar-refractivity contribution is -0.116. The first-order valence-corrected chi connectivity index (χ1v) is 45.1. The largest absolute Gasteiger partial charge is 0.495 e. The van der Waals surface area contributed by atoms with Crippen molar-refractivity contribution >= 4 is 97.0 Å². The van der Waals surface area contributed by atoms with Gasteiger partial charge in [0, 0.05) is 78.8 Å². The number of fused-ring (bicyclic) bond motifs is 2. The lowest BCUT2D eigenvalue weighted by Gasteiger charge is -2.22. The molecule has 0 aromatic heterocycles. The Morgan fingerprint density at radius 2 is 0.630 bits per heavy atom. The number of amides is 7. The standard InChI is InChI=1S/C58H60N4O8.C54H54N4O7/c1-7-14-54(63)59-49-29-24-45(35-52(49)68-32-31-39-20-26-47(27-21-39)70-58(3,4)5)56(65)60-48-28-23-44(34-51(48)67-6)55(64)61-50-30-25-46(36-53(50)69-38-40-15-10-9-11-16-40)57(66)62(8-2)37-41-19-22-42-17-12-13-18-43(42)33-41;1-6-58(34-38-16-19-39-14-10-11-15-40(39)30-38)53(61)43-22-27-47(50(33-43)64-35-37-12-8-7-9-13-37)57-52(60)42-21-26-46(49(32-42)62-5)56-51(59)41-20-25-45(55)48(31-41)63-29-28-36-17-23-44(24-18-36)65-54(2,3)4/h9-13,15-30,33-36H,7-8,14,31-32,37-38H2,1-6H3,(H,59,63)(H,60,65)(H,61,64);7-27,30-33H,6,28-29,34-35,55H2,1-5H3,(H,56,59)(H,57,60). The van der Waals surface area contributed by atoms with Crippen LogP contribution in [0.3, 0.4) is 0 Å². The predicted octanol–water partition coefficient (Wildman–Crippen LogP) is 23.1. The maximum Gasteiger partial charge on any atom is 0.255 e. The summed E-state index contributed by atoms with van der Waals surface area (Å²) in [7, 11) is 2.90. The van der Waals surface area contributed by atoms with E-state index in [1.165, 1.54) is 20.3 Å². The SMILES string of the molecule is CCCC(=O)Nc1ccc(C(=O)Nc2ccc(C(=O)Nc3ccc(C(=O)N(CC)Cc4ccc5ccccc5c4)cc3OCc3ccccc3)cc2OC)cc1OCCc1ccc(OC(C)(C)C)cc1.CCN(Cc1ccc2ccccc2c1)C(=O)c1ccc(NC(=O)c2ccc(NC(=O)c3ccc(N)c(OCCc4ccc(OC(C)(C)C)cc4)c3)c(OC)c2)c(OCc2ccccc2)c1. The number of nitrogen functional groups attached to an aromatic ring is 1. The number of ether oxygens (including phenoxy) is 8. The topological polar surface area (TPSA) is 286 Å². The van der Waals surface area contributed by atoms with Crippen molar-refractivity contribution in [3.05, 3.63) is 370 Å². The van der Waals surface area contributed by atoms with Gasteiger partial charge in [-0.3, -0.25) is 33.6 Å². The number of hydrogen-bond donors (Lipinski definition) is 6. The molecule has 0 radical (unpaired) electrons. The molecule has 0 saturated carbocycles. The molecule has 14 aromatic carbocycles. The van der Waals surface area contributed by atoms with Gasteiger partial charge in [-0.2, -0.15) is 0 Å². The van der Waals surface area contributed by atoms with Crippen molar-refractivity contribution in [1.29, 1.82) is 0 Å². The summed E-state index contributed by atoms with van der Waals surface area (Å²) in [6.07, 6.45) is 2.21. The summed E-state index contributed by atoms with van der Waals surface area (Å²) >= 11 is 0. The zero-order valence-electron chi connectivity index (χ0n) is 77.9. The molecular formula is C112H114N8O15. The van der Waals surface area contributed by atoms with Crippen LogP contribution >= 0.6 is 0 Å². The lowest BCUT2D eigenvalue weighted by Crippen LogP contribution is -2.30. The number of methoxy groups -OCH3 is 2. The van der Waals surface area contributed by atoms with Gasteiger partial charge < -0.3 is 80.0 Å². The zero-order valence-corrected chi connectivity index (χ0v) is 77.9. The highest BCUT2D eigenvalue weighted by Gasteiger charge is 2.26.